The van der Waals surface area contributed by atoms with Crippen molar-refractivity contribution in [1.82, 2.24) is 4.98 Å². The third-order valence-electron chi connectivity index (χ3n) is 2.23. The monoisotopic (exact) mass is 193 g/mol. The Morgan fingerprint density at radius 2 is 2.36 bits per heavy atom. The highest BCUT2D eigenvalue weighted by atomic mass is 14.9. The lowest BCUT2D eigenvalue weighted by atomic mass is 10.1. The van der Waals surface area contributed by atoms with Crippen LogP contribution in [0.2, 0.25) is 0 Å². The predicted octanol–water partition coefficient (Wildman–Crippen LogP) is 1.93. The van der Waals surface area contributed by atoms with Crippen LogP contribution in [-0.4, -0.2) is 17.6 Å². The van der Waals surface area contributed by atoms with Gasteiger partial charge in [0.25, 0.3) is 0 Å². The fraction of sp³-hybridized carbons (Fsp3) is 0.545. The quantitative estimate of drug-likeness (QED) is 0.751. The number of pyridine rings is 1. The zero-order chi connectivity index (χ0) is 10.4. The molecule has 0 aromatic carbocycles. The Kier molecular flexibility index (Phi) is 4.40. The van der Waals surface area contributed by atoms with E-state index < -0.39 is 0 Å². The first-order valence-electron chi connectivity index (χ1n) is 5.14. The van der Waals surface area contributed by atoms with Gasteiger partial charge >= 0.3 is 0 Å². The van der Waals surface area contributed by atoms with Gasteiger partial charge in [-0.15, -0.1) is 0 Å². The van der Waals surface area contributed by atoms with Crippen LogP contribution >= 0.6 is 0 Å². The average Bonchev–Trinajstić information content (AvgIpc) is 2.17. The minimum atomic E-state index is 0.243. The van der Waals surface area contributed by atoms with Crippen LogP contribution in [0.15, 0.2) is 18.5 Å². The standard InChI is InChI=1S/C11H19N3/c1-3-4-10(12)8-14-11-5-6-13-7-9(11)2/h5-7,10H,3-4,8,12H2,1-2H3,(H,13,14). The van der Waals surface area contributed by atoms with Crippen molar-refractivity contribution >= 4 is 5.69 Å². The summed E-state index contributed by atoms with van der Waals surface area (Å²) in [6.45, 7) is 5.02. The van der Waals surface area contributed by atoms with Crippen LogP contribution in [0.25, 0.3) is 0 Å². The van der Waals surface area contributed by atoms with Crippen molar-refractivity contribution in [2.45, 2.75) is 32.7 Å². The number of anilines is 1. The first-order chi connectivity index (χ1) is 6.74. The number of nitrogens with one attached hydrogen (secondary N) is 1. The third kappa shape index (κ3) is 3.34. The highest BCUT2D eigenvalue weighted by Crippen LogP contribution is 2.11. The van der Waals surface area contributed by atoms with E-state index in [1.807, 2.05) is 19.2 Å². The van der Waals surface area contributed by atoms with Crippen molar-refractivity contribution < 1.29 is 0 Å². The van der Waals surface area contributed by atoms with Gasteiger partial charge in [0.2, 0.25) is 0 Å². The van der Waals surface area contributed by atoms with E-state index in [1.165, 1.54) is 0 Å². The molecule has 0 saturated carbocycles. The summed E-state index contributed by atoms with van der Waals surface area (Å²) in [6.07, 6.45) is 5.85. The maximum atomic E-state index is 5.90. The van der Waals surface area contributed by atoms with Gasteiger partial charge in [0, 0.05) is 30.7 Å². The molecule has 0 amide bonds. The van der Waals surface area contributed by atoms with E-state index in [-0.39, 0.29) is 6.04 Å². The van der Waals surface area contributed by atoms with E-state index in [9.17, 15) is 0 Å². The van der Waals surface area contributed by atoms with Crippen LogP contribution in [0.5, 0.6) is 0 Å². The normalized spacial score (nSPS) is 12.5. The van der Waals surface area contributed by atoms with E-state index in [0.29, 0.717) is 0 Å². The van der Waals surface area contributed by atoms with Crippen LogP contribution in [-0.2, 0) is 0 Å². The molecule has 78 valence electrons. The molecule has 1 heterocycles. The Bertz CT molecular complexity index is 273. The van der Waals surface area contributed by atoms with Crippen LogP contribution in [0.3, 0.4) is 0 Å². The number of aryl methyl sites for hydroxylation is 1. The maximum Gasteiger partial charge on any atom is 0.0401 e. The van der Waals surface area contributed by atoms with Crippen LogP contribution in [0, 0.1) is 6.92 Å². The summed E-state index contributed by atoms with van der Waals surface area (Å²) in [6, 6.07) is 2.22. The third-order valence-corrected chi connectivity index (χ3v) is 2.23. The summed E-state index contributed by atoms with van der Waals surface area (Å²) in [5, 5.41) is 3.33. The van der Waals surface area contributed by atoms with Crippen molar-refractivity contribution in [2.75, 3.05) is 11.9 Å². The van der Waals surface area contributed by atoms with Crippen LogP contribution in [0.1, 0.15) is 25.3 Å². The molecule has 0 fully saturated rings. The molecule has 0 aliphatic carbocycles. The molecule has 14 heavy (non-hydrogen) atoms. The topological polar surface area (TPSA) is 50.9 Å². The molecule has 3 nitrogen and oxygen atoms in total. The first-order valence-corrected chi connectivity index (χ1v) is 5.14. The first kappa shape index (κ1) is 11.0. The molecule has 0 spiro atoms. The zero-order valence-corrected chi connectivity index (χ0v) is 8.96. The molecule has 0 saturated heterocycles. The molecule has 0 aliphatic heterocycles. The molecular weight excluding hydrogens is 174 g/mol. The van der Waals surface area contributed by atoms with Gasteiger partial charge in [-0.3, -0.25) is 4.98 Å². The summed E-state index contributed by atoms with van der Waals surface area (Å²) in [5.74, 6) is 0. The van der Waals surface area contributed by atoms with Gasteiger partial charge in [-0.2, -0.15) is 0 Å². The largest absolute Gasteiger partial charge is 0.383 e. The second-order valence-corrected chi connectivity index (χ2v) is 3.62. The second kappa shape index (κ2) is 5.60. The maximum absolute atomic E-state index is 5.90. The van der Waals surface area contributed by atoms with Crippen molar-refractivity contribution in [3.8, 4) is 0 Å². The van der Waals surface area contributed by atoms with Crippen molar-refractivity contribution in [3.63, 3.8) is 0 Å². The Morgan fingerprint density at radius 1 is 1.57 bits per heavy atom. The van der Waals surface area contributed by atoms with Gasteiger partial charge in [-0.1, -0.05) is 13.3 Å². The molecule has 0 bridgehead atoms. The van der Waals surface area contributed by atoms with Crippen molar-refractivity contribution in [1.29, 1.82) is 0 Å². The molecule has 1 unspecified atom stereocenters. The smallest absolute Gasteiger partial charge is 0.0401 e. The van der Waals surface area contributed by atoms with E-state index in [2.05, 4.69) is 17.2 Å². The lowest BCUT2D eigenvalue weighted by Gasteiger charge is -2.13. The number of hydrogen-bond acceptors (Lipinski definition) is 3. The second-order valence-electron chi connectivity index (χ2n) is 3.62. The average molecular weight is 193 g/mol. The summed E-state index contributed by atoms with van der Waals surface area (Å²) < 4.78 is 0. The Morgan fingerprint density at radius 3 is 3.00 bits per heavy atom. The molecule has 1 atom stereocenters. The minimum Gasteiger partial charge on any atom is -0.383 e. The van der Waals surface area contributed by atoms with Gasteiger partial charge < -0.3 is 11.1 Å². The lowest BCUT2D eigenvalue weighted by molar-refractivity contribution is 0.627. The van der Waals surface area contributed by atoms with Crippen molar-refractivity contribution in [3.05, 3.63) is 24.0 Å². The summed E-state index contributed by atoms with van der Waals surface area (Å²) in [4.78, 5) is 4.04. The van der Waals surface area contributed by atoms with Gasteiger partial charge in [0.1, 0.15) is 0 Å². The summed E-state index contributed by atoms with van der Waals surface area (Å²) >= 11 is 0. The van der Waals surface area contributed by atoms with E-state index in [1.54, 1.807) is 6.20 Å². The minimum absolute atomic E-state index is 0.243. The van der Waals surface area contributed by atoms with E-state index in [4.69, 9.17) is 5.73 Å². The lowest BCUT2D eigenvalue weighted by Crippen LogP contribution is -2.28. The molecule has 1 aromatic heterocycles. The number of nitrogens with zero attached hydrogens (tertiary/aromatic N) is 1. The van der Waals surface area contributed by atoms with Crippen molar-refractivity contribution in [2.24, 2.45) is 5.73 Å². The number of hydrogen-bond donors (Lipinski definition) is 2. The summed E-state index contributed by atoms with van der Waals surface area (Å²) in [5.41, 5.74) is 8.20. The molecule has 0 aliphatic rings. The number of nitrogens with two attached hydrogens (primary N) is 1. The fourth-order valence-electron chi connectivity index (χ4n) is 1.39. The molecule has 3 N–H and O–H groups in total. The number of rotatable bonds is 5. The van der Waals surface area contributed by atoms with Gasteiger partial charge in [-0.25, -0.2) is 0 Å². The Hall–Kier alpha value is -1.09. The Labute approximate surface area is 85.7 Å². The van der Waals surface area contributed by atoms with E-state index >= 15 is 0 Å². The van der Waals surface area contributed by atoms with Crippen LogP contribution in [0.4, 0.5) is 5.69 Å². The molecule has 1 aromatic rings. The van der Waals surface area contributed by atoms with E-state index in [0.717, 1.165) is 30.6 Å². The zero-order valence-electron chi connectivity index (χ0n) is 8.96. The summed E-state index contributed by atoms with van der Waals surface area (Å²) in [7, 11) is 0. The fourth-order valence-corrected chi connectivity index (χ4v) is 1.39. The molecule has 0 radical (unpaired) electrons. The molecule has 3 heteroatoms. The van der Waals surface area contributed by atoms with Gasteiger partial charge in [0.15, 0.2) is 0 Å². The predicted molar refractivity (Wildman–Crippen MR) is 60.3 cm³/mol. The Balaban J connectivity index is 2.41. The van der Waals surface area contributed by atoms with Crippen LogP contribution < -0.4 is 11.1 Å². The molecule has 1 rings (SSSR count). The highest BCUT2D eigenvalue weighted by Gasteiger charge is 2.01. The van der Waals surface area contributed by atoms with Gasteiger partial charge in [-0.05, 0) is 25.0 Å². The number of aromatic nitrogens is 1. The SMILES string of the molecule is CCCC(N)CNc1ccncc1C. The molecular formula is C11H19N3. The highest BCUT2D eigenvalue weighted by molar-refractivity contribution is 5.48. The van der Waals surface area contributed by atoms with Gasteiger partial charge in [0.05, 0.1) is 0 Å².